The first-order chi connectivity index (χ1) is 13.5. The lowest BCUT2D eigenvalue weighted by atomic mass is 10.2. The molecule has 2 aromatic carbocycles. The Kier molecular flexibility index (Phi) is 5.88. The SMILES string of the molecule is COc1ccc(C(=O)OCC(=O)Nc2ccc(N3CCCC3=O)cc2)cc1F. The highest BCUT2D eigenvalue weighted by Gasteiger charge is 2.21. The van der Waals surface area contributed by atoms with Crippen LogP contribution in [0.1, 0.15) is 23.2 Å². The van der Waals surface area contributed by atoms with E-state index in [4.69, 9.17) is 9.47 Å². The Labute approximate surface area is 161 Å². The summed E-state index contributed by atoms with van der Waals surface area (Å²) in [4.78, 5) is 37.3. The summed E-state index contributed by atoms with van der Waals surface area (Å²) in [5.74, 6) is -1.96. The molecule has 1 aliphatic heterocycles. The molecule has 0 aliphatic carbocycles. The van der Waals surface area contributed by atoms with Gasteiger partial charge in [-0.15, -0.1) is 0 Å². The molecule has 0 aromatic heterocycles. The summed E-state index contributed by atoms with van der Waals surface area (Å²) in [5.41, 5.74) is 1.26. The Bertz CT molecular complexity index is 898. The normalized spacial score (nSPS) is 13.4. The van der Waals surface area contributed by atoms with Crippen LogP contribution in [0.25, 0.3) is 0 Å². The number of benzene rings is 2. The van der Waals surface area contributed by atoms with Gasteiger partial charge >= 0.3 is 5.97 Å². The zero-order valence-electron chi connectivity index (χ0n) is 15.2. The Morgan fingerprint density at radius 1 is 1.18 bits per heavy atom. The molecule has 8 heteroatoms. The average Bonchev–Trinajstić information content (AvgIpc) is 3.12. The topological polar surface area (TPSA) is 84.9 Å². The minimum absolute atomic E-state index is 0.00775. The van der Waals surface area contributed by atoms with Crippen molar-refractivity contribution in [1.29, 1.82) is 0 Å². The van der Waals surface area contributed by atoms with Crippen LogP contribution in [-0.4, -0.2) is 38.0 Å². The standard InChI is InChI=1S/C20H19FN2O5/c1-27-17-9-4-13(11-16(17)21)20(26)28-12-18(24)22-14-5-7-15(8-6-14)23-10-2-3-19(23)25/h4-9,11H,2-3,10,12H2,1H3,(H,22,24). The molecule has 0 atom stereocenters. The monoisotopic (exact) mass is 386 g/mol. The molecule has 1 saturated heterocycles. The lowest BCUT2D eigenvalue weighted by Crippen LogP contribution is -2.23. The average molecular weight is 386 g/mol. The van der Waals surface area contributed by atoms with Crippen LogP contribution in [0.3, 0.4) is 0 Å². The van der Waals surface area contributed by atoms with Gasteiger partial charge in [0, 0.05) is 24.3 Å². The number of hydrogen-bond acceptors (Lipinski definition) is 5. The van der Waals surface area contributed by atoms with E-state index in [-0.39, 0.29) is 17.2 Å². The van der Waals surface area contributed by atoms with E-state index in [0.717, 1.165) is 18.2 Å². The number of anilines is 2. The van der Waals surface area contributed by atoms with E-state index in [1.165, 1.54) is 19.2 Å². The molecule has 28 heavy (non-hydrogen) atoms. The number of ether oxygens (including phenoxy) is 2. The van der Waals surface area contributed by atoms with Crippen LogP contribution in [0.2, 0.25) is 0 Å². The van der Waals surface area contributed by atoms with Gasteiger partial charge in [0.25, 0.3) is 5.91 Å². The molecular formula is C20H19FN2O5. The second-order valence-electron chi connectivity index (χ2n) is 6.17. The van der Waals surface area contributed by atoms with Gasteiger partial charge in [-0.05, 0) is 48.9 Å². The highest BCUT2D eigenvalue weighted by molar-refractivity contribution is 5.97. The molecule has 1 heterocycles. The minimum atomic E-state index is -0.820. The Morgan fingerprint density at radius 3 is 2.54 bits per heavy atom. The Hall–Kier alpha value is -3.42. The van der Waals surface area contributed by atoms with E-state index < -0.39 is 24.3 Å². The number of esters is 1. The number of nitrogens with one attached hydrogen (secondary N) is 1. The van der Waals surface area contributed by atoms with Crippen molar-refractivity contribution in [3.63, 3.8) is 0 Å². The molecule has 0 bridgehead atoms. The molecule has 146 valence electrons. The molecule has 3 rings (SSSR count). The van der Waals surface area contributed by atoms with Crippen molar-refractivity contribution in [3.8, 4) is 5.75 Å². The second kappa shape index (κ2) is 8.51. The van der Waals surface area contributed by atoms with Crippen LogP contribution in [-0.2, 0) is 14.3 Å². The van der Waals surface area contributed by atoms with E-state index in [9.17, 15) is 18.8 Å². The van der Waals surface area contributed by atoms with E-state index in [2.05, 4.69) is 5.32 Å². The largest absolute Gasteiger partial charge is 0.494 e. The molecule has 0 spiro atoms. The number of methoxy groups -OCH3 is 1. The molecule has 7 nitrogen and oxygen atoms in total. The maximum absolute atomic E-state index is 13.6. The summed E-state index contributed by atoms with van der Waals surface area (Å²) in [6, 6.07) is 10.4. The zero-order chi connectivity index (χ0) is 20.1. The van der Waals surface area contributed by atoms with Crippen molar-refractivity contribution in [2.45, 2.75) is 12.8 Å². The van der Waals surface area contributed by atoms with Gasteiger partial charge < -0.3 is 19.7 Å². The quantitative estimate of drug-likeness (QED) is 0.772. The molecule has 1 fully saturated rings. The van der Waals surface area contributed by atoms with Gasteiger partial charge in [0.05, 0.1) is 12.7 Å². The van der Waals surface area contributed by atoms with Crippen LogP contribution in [0.4, 0.5) is 15.8 Å². The fourth-order valence-corrected chi connectivity index (χ4v) is 2.85. The number of rotatable bonds is 6. The first kappa shape index (κ1) is 19.3. The van der Waals surface area contributed by atoms with E-state index in [0.29, 0.717) is 18.7 Å². The van der Waals surface area contributed by atoms with Crippen LogP contribution >= 0.6 is 0 Å². The Morgan fingerprint density at radius 2 is 1.93 bits per heavy atom. The number of carbonyl (C=O) groups excluding carboxylic acids is 3. The summed E-state index contributed by atoms with van der Waals surface area (Å²) in [5, 5.41) is 2.59. The third-order valence-corrected chi connectivity index (χ3v) is 4.26. The number of amides is 2. The van der Waals surface area contributed by atoms with E-state index in [1.807, 2.05) is 0 Å². The maximum atomic E-state index is 13.6. The van der Waals surface area contributed by atoms with Crippen molar-refractivity contribution in [2.75, 3.05) is 30.5 Å². The Balaban J connectivity index is 1.52. The molecule has 0 radical (unpaired) electrons. The zero-order valence-corrected chi connectivity index (χ0v) is 15.2. The van der Waals surface area contributed by atoms with Gasteiger partial charge in [-0.1, -0.05) is 0 Å². The molecule has 1 N–H and O–H groups in total. The predicted octanol–water partition coefficient (Wildman–Crippen LogP) is 2.76. The second-order valence-corrected chi connectivity index (χ2v) is 6.17. The smallest absolute Gasteiger partial charge is 0.338 e. The molecule has 1 aliphatic rings. The van der Waals surface area contributed by atoms with Crippen LogP contribution < -0.4 is 15.0 Å². The molecular weight excluding hydrogens is 367 g/mol. The molecule has 2 aromatic rings. The van der Waals surface area contributed by atoms with Crippen LogP contribution in [0.5, 0.6) is 5.75 Å². The molecule has 0 unspecified atom stereocenters. The van der Waals surface area contributed by atoms with Gasteiger partial charge in [0.15, 0.2) is 18.2 Å². The van der Waals surface area contributed by atoms with Gasteiger partial charge in [0.1, 0.15) is 0 Å². The van der Waals surface area contributed by atoms with Gasteiger partial charge in [-0.2, -0.15) is 0 Å². The fraction of sp³-hybridized carbons (Fsp3) is 0.250. The third kappa shape index (κ3) is 4.46. The van der Waals surface area contributed by atoms with Crippen molar-refractivity contribution in [2.24, 2.45) is 0 Å². The summed E-state index contributed by atoms with van der Waals surface area (Å²) in [7, 11) is 1.32. The third-order valence-electron chi connectivity index (χ3n) is 4.26. The van der Waals surface area contributed by atoms with Crippen LogP contribution in [0.15, 0.2) is 42.5 Å². The lowest BCUT2D eigenvalue weighted by molar-refractivity contribution is -0.119. The van der Waals surface area contributed by atoms with Gasteiger partial charge in [-0.3, -0.25) is 9.59 Å². The first-order valence-corrected chi connectivity index (χ1v) is 8.69. The summed E-state index contributed by atoms with van der Waals surface area (Å²) >= 11 is 0. The summed E-state index contributed by atoms with van der Waals surface area (Å²) in [6.45, 7) is 0.172. The predicted molar refractivity (Wildman–Crippen MR) is 99.9 cm³/mol. The first-order valence-electron chi connectivity index (χ1n) is 8.69. The van der Waals surface area contributed by atoms with Crippen molar-refractivity contribution < 1.29 is 28.2 Å². The number of carbonyl (C=O) groups is 3. The summed E-state index contributed by atoms with van der Waals surface area (Å²) in [6.07, 6.45) is 1.38. The summed E-state index contributed by atoms with van der Waals surface area (Å²) < 4.78 is 23.3. The lowest BCUT2D eigenvalue weighted by Gasteiger charge is -2.16. The van der Waals surface area contributed by atoms with Gasteiger partial charge in [-0.25, -0.2) is 9.18 Å². The fourth-order valence-electron chi connectivity index (χ4n) is 2.85. The highest BCUT2D eigenvalue weighted by atomic mass is 19.1. The molecule has 2 amide bonds. The van der Waals surface area contributed by atoms with Gasteiger partial charge in [0.2, 0.25) is 5.91 Å². The van der Waals surface area contributed by atoms with E-state index in [1.54, 1.807) is 29.2 Å². The maximum Gasteiger partial charge on any atom is 0.338 e. The van der Waals surface area contributed by atoms with Crippen molar-refractivity contribution in [1.82, 2.24) is 0 Å². The van der Waals surface area contributed by atoms with E-state index >= 15 is 0 Å². The number of hydrogen-bond donors (Lipinski definition) is 1. The van der Waals surface area contributed by atoms with Crippen molar-refractivity contribution in [3.05, 3.63) is 53.8 Å². The minimum Gasteiger partial charge on any atom is -0.494 e. The number of halogens is 1. The molecule has 0 saturated carbocycles. The van der Waals surface area contributed by atoms with Crippen LogP contribution in [0, 0.1) is 5.82 Å². The highest BCUT2D eigenvalue weighted by Crippen LogP contribution is 2.23. The number of nitrogens with zero attached hydrogens (tertiary/aromatic N) is 1. The van der Waals surface area contributed by atoms with Crippen molar-refractivity contribution >= 4 is 29.2 Å².